The van der Waals surface area contributed by atoms with Gasteiger partial charge in [0.2, 0.25) is 5.91 Å². The number of benzene rings is 1. The predicted octanol–water partition coefficient (Wildman–Crippen LogP) is 2.23. The third-order valence-electron chi connectivity index (χ3n) is 3.24. The molecule has 19 heavy (non-hydrogen) atoms. The molecule has 5 heteroatoms. The number of carbonyl (C=O) groups excluding carboxylic acids is 1. The molecule has 0 bridgehead atoms. The Labute approximate surface area is 116 Å². The second-order valence-corrected chi connectivity index (χ2v) is 5.52. The van der Waals surface area contributed by atoms with Crippen molar-refractivity contribution in [2.24, 2.45) is 0 Å². The number of imidazole rings is 1. The van der Waals surface area contributed by atoms with E-state index in [0.717, 1.165) is 23.0 Å². The van der Waals surface area contributed by atoms with Crippen LogP contribution in [-0.4, -0.2) is 32.4 Å². The van der Waals surface area contributed by atoms with Crippen molar-refractivity contribution >= 4 is 17.7 Å². The van der Waals surface area contributed by atoms with Gasteiger partial charge in [-0.3, -0.25) is 4.79 Å². The van der Waals surface area contributed by atoms with E-state index >= 15 is 0 Å². The molecule has 1 N–H and O–H groups in total. The first kappa shape index (κ1) is 12.3. The molecule has 1 fully saturated rings. The number of H-pyrrole nitrogens is 1. The SMILES string of the molecule is O=C(Cc1ccccc1)N1CSC[C@H]1c1ncc[nH]1. The van der Waals surface area contributed by atoms with Crippen LogP contribution in [0.25, 0.3) is 0 Å². The Morgan fingerprint density at radius 1 is 1.42 bits per heavy atom. The summed E-state index contributed by atoms with van der Waals surface area (Å²) in [6, 6.07) is 9.95. The van der Waals surface area contributed by atoms with Gasteiger partial charge in [0.1, 0.15) is 5.82 Å². The minimum Gasteiger partial charge on any atom is -0.347 e. The van der Waals surface area contributed by atoms with Crippen LogP contribution in [0.5, 0.6) is 0 Å². The van der Waals surface area contributed by atoms with E-state index in [0.29, 0.717) is 6.42 Å². The van der Waals surface area contributed by atoms with Crippen LogP contribution in [0.4, 0.5) is 0 Å². The minimum absolute atomic E-state index is 0.0798. The fraction of sp³-hybridized carbons (Fsp3) is 0.286. The lowest BCUT2D eigenvalue weighted by Gasteiger charge is -2.22. The van der Waals surface area contributed by atoms with Gasteiger partial charge in [0.05, 0.1) is 18.3 Å². The molecule has 1 atom stereocenters. The van der Waals surface area contributed by atoms with Crippen molar-refractivity contribution in [3.63, 3.8) is 0 Å². The number of aromatic nitrogens is 2. The Morgan fingerprint density at radius 3 is 3.00 bits per heavy atom. The van der Waals surface area contributed by atoms with Crippen LogP contribution in [0.2, 0.25) is 0 Å². The smallest absolute Gasteiger partial charge is 0.228 e. The minimum atomic E-state index is 0.0798. The van der Waals surface area contributed by atoms with E-state index in [4.69, 9.17) is 0 Å². The van der Waals surface area contributed by atoms with Gasteiger partial charge in [0, 0.05) is 18.1 Å². The number of nitrogens with zero attached hydrogens (tertiary/aromatic N) is 2. The molecular weight excluding hydrogens is 258 g/mol. The van der Waals surface area contributed by atoms with Crippen LogP contribution >= 0.6 is 11.8 Å². The van der Waals surface area contributed by atoms with E-state index in [9.17, 15) is 4.79 Å². The Hall–Kier alpha value is -1.75. The van der Waals surface area contributed by atoms with Crippen molar-refractivity contribution in [1.82, 2.24) is 14.9 Å². The number of carbonyl (C=O) groups is 1. The van der Waals surface area contributed by atoms with Gasteiger partial charge in [-0.1, -0.05) is 30.3 Å². The molecule has 0 aliphatic carbocycles. The number of hydrogen-bond donors (Lipinski definition) is 1. The Kier molecular flexibility index (Phi) is 3.55. The lowest BCUT2D eigenvalue weighted by atomic mass is 10.1. The molecular formula is C14H15N3OS. The summed E-state index contributed by atoms with van der Waals surface area (Å²) in [5.41, 5.74) is 1.06. The van der Waals surface area contributed by atoms with Gasteiger partial charge in [-0.25, -0.2) is 4.98 Å². The maximum Gasteiger partial charge on any atom is 0.228 e. The third-order valence-corrected chi connectivity index (χ3v) is 4.25. The highest BCUT2D eigenvalue weighted by atomic mass is 32.2. The summed E-state index contributed by atoms with van der Waals surface area (Å²) in [6.07, 6.45) is 3.99. The molecule has 1 saturated heterocycles. The van der Waals surface area contributed by atoms with Crippen molar-refractivity contribution in [3.05, 3.63) is 54.1 Å². The molecule has 2 aromatic rings. The largest absolute Gasteiger partial charge is 0.347 e. The van der Waals surface area contributed by atoms with Gasteiger partial charge >= 0.3 is 0 Å². The highest BCUT2D eigenvalue weighted by Gasteiger charge is 2.31. The molecule has 2 heterocycles. The lowest BCUT2D eigenvalue weighted by Crippen LogP contribution is -2.32. The van der Waals surface area contributed by atoms with Gasteiger partial charge in [-0.05, 0) is 5.56 Å². The fourth-order valence-electron chi connectivity index (χ4n) is 2.25. The molecule has 1 aliphatic heterocycles. The predicted molar refractivity (Wildman–Crippen MR) is 75.6 cm³/mol. The molecule has 1 amide bonds. The maximum atomic E-state index is 12.4. The number of thioether (sulfide) groups is 1. The topological polar surface area (TPSA) is 49.0 Å². The second kappa shape index (κ2) is 5.48. The standard InChI is InChI=1S/C14H15N3OS/c18-13(8-11-4-2-1-3-5-11)17-10-19-9-12(17)14-15-6-7-16-14/h1-7,12H,8-10H2,(H,15,16)/t12-/m0/s1. The summed E-state index contributed by atoms with van der Waals surface area (Å²) in [7, 11) is 0. The van der Waals surface area contributed by atoms with E-state index in [1.807, 2.05) is 35.2 Å². The highest BCUT2D eigenvalue weighted by Crippen LogP contribution is 2.31. The first-order chi connectivity index (χ1) is 9.34. The molecule has 1 aromatic carbocycles. The van der Waals surface area contributed by atoms with Crippen LogP contribution in [0, 0.1) is 0 Å². The van der Waals surface area contributed by atoms with Gasteiger partial charge in [-0.2, -0.15) is 0 Å². The van der Waals surface area contributed by atoms with Crippen molar-refractivity contribution < 1.29 is 4.79 Å². The molecule has 0 unspecified atom stereocenters. The normalized spacial score (nSPS) is 18.7. The zero-order chi connectivity index (χ0) is 13.1. The maximum absolute atomic E-state index is 12.4. The number of hydrogen-bond acceptors (Lipinski definition) is 3. The van der Waals surface area contributed by atoms with E-state index in [1.165, 1.54) is 0 Å². The summed E-state index contributed by atoms with van der Waals surface area (Å²) < 4.78 is 0. The molecule has 0 radical (unpaired) electrons. The molecule has 3 rings (SSSR count). The van der Waals surface area contributed by atoms with Crippen LogP contribution in [0.3, 0.4) is 0 Å². The van der Waals surface area contributed by atoms with Gasteiger partial charge in [0.25, 0.3) is 0 Å². The van der Waals surface area contributed by atoms with Crippen molar-refractivity contribution in [2.75, 3.05) is 11.6 Å². The highest BCUT2D eigenvalue weighted by molar-refractivity contribution is 7.99. The van der Waals surface area contributed by atoms with Crippen molar-refractivity contribution in [3.8, 4) is 0 Å². The van der Waals surface area contributed by atoms with E-state index in [1.54, 1.807) is 24.2 Å². The molecule has 0 saturated carbocycles. The Morgan fingerprint density at radius 2 is 2.26 bits per heavy atom. The van der Waals surface area contributed by atoms with Gasteiger partial charge in [0.15, 0.2) is 0 Å². The van der Waals surface area contributed by atoms with E-state index in [-0.39, 0.29) is 11.9 Å². The van der Waals surface area contributed by atoms with Gasteiger partial charge in [-0.15, -0.1) is 11.8 Å². The summed E-state index contributed by atoms with van der Waals surface area (Å²) in [5, 5.41) is 0. The number of amides is 1. The van der Waals surface area contributed by atoms with E-state index < -0.39 is 0 Å². The average molecular weight is 273 g/mol. The average Bonchev–Trinajstić information content (AvgIpc) is 3.10. The molecule has 1 aliphatic rings. The number of aromatic amines is 1. The zero-order valence-electron chi connectivity index (χ0n) is 10.5. The van der Waals surface area contributed by atoms with Crippen LogP contribution < -0.4 is 0 Å². The third kappa shape index (κ3) is 2.66. The summed E-state index contributed by atoms with van der Waals surface area (Å²) in [4.78, 5) is 21.7. The zero-order valence-corrected chi connectivity index (χ0v) is 11.3. The summed E-state index contributed by atoms with van der Waals surface area (Å²) in [5.74, 6) is 2.70. The van der Waals surface area contributed by atoms with Crippen LogP contribution in [-0.2, 0) is 11.2 Å². The number of nitrogens with one attached hydrogen (secondary N) is 1. The second-order valence-electron chi connectivity index (χ2n) is 4.52. The van der Waals surface area contributed by atoms with E-state index in [2.05, 4.69) is 9.97 Å². The van der Waals surface area contributed by atoms with Gasteiger partial charge < -0.3 is 9.88 Å². The first-order valence-electron chi connectivity index (χ1n) is 6.25. The first-order valence-corrected chi connectivity index (χ1v) is 7.40. The quantitative estimate of drug-likeness (QED) is 0.933. The lowest BCUT2D eigenvalue weighted by molar-refractivity contribution is -0.131. The Bertz CT molecular complexity index is 541. The molecule has 1 aromatic heterocycles. The van der Waals surface area contributed by atoms with Crippen LogP contribution in [0.1, 0.15) is 17.4 Å². The fourth-order valence-corrected chi connectivity index (χ4v) is 3.43. The molecule has 4 nitrogen and oxygen atoms in total. The number of rotatable bonds is 3. The monoisotopic (exact) mass is 273 g/mol. The molecule has 98 valence electrons. The summed E-state index contributed by atoms with van der Waals surface area (Å²) in [6.45, 7) is 0. The van der Waals surface area contributed by atoms with Crippen molar-refractivity contribution in [2.45, 2.75) is 12.5 Å². The Balaban J connectivity index is 1.72. The van der Waals surface area contributed by atoms with Crippen molar-refractivity contribution in [1.29, 1.82) is 0 Å². The summed E-state index contributed by atoms with van der Waals surface area (Å²) >= 11 is 1.77. The van der Waals surface area contributed by atoms with Crippen LogP contribution in [0.15, 0.2) is 42.7 Å². The molecule has 0 spiro atoms.